The Kier molecular flexibility index (Phi) is 3.17. The average molecular weight is 300 g/mol. The summed E-state index contributed by atoms with van der Waals surface area (Å²) in [6.07, 6.45) is 0. The van der Waals surface area contributed by atoms with Gasteiger partial charge in [0.15, 0.2) is 0 Å². The number of hydrogen-bond acceptors (Lipinski definition) is 4. The maximum Gasteiger partial charge on any atom is 0.274 e. The van der Waals surface area contributed by atoms with Crippen molar-refractivity contribution in [3.63, 3.8) is 0 Å². The molecule has 1 aliphatic rings. The summed E-state index contributed by atoms with van der Waals surface area (Å²) in [5.74, 6) is -1.75. The van der Waals surface area contributed by atoms with Crippen molar-refractivity contribution in [3.8, 4) is 0 Å². The van der Waals surface area contributed by atoms with Gasteiger partial charge in [0.25, 0.3) is 17.5 Å². The summed E-state index contributed by atoms with van der Waals surface area (Å²) in [7, 11) is 0. The molecule has 2 aromatic rings. The topological polar surface area (TPSA) is 80.5 Å². The second-order valence-electron chi connectivity index (χ2n) is 4.77. The Morgan fingerprint density at radius 2 is 1.64 bits per heavy atom. The normalized spacial score (nSPS) is 13.4. The van der Waals surface area contributed by atoms with Gasteiger partial charge in [-0.3, -0.25) is 24.6 Å². The zero-order chi connectivity index (χ0) is 15.9. The number of benzene rings is 2. The van der Waals surface area contributed by atoms with Crippen LogP contribution in [0.25, 0.3) is 0 Å². The van der Waals surface area contributed by atoms with Crippen molar-refractivity contribution in [2.24, 2.45) is 0 Å². The van der Waals surface area contributed by atoms with Crippen molar-refractivity contribution in [1.82, 2.24) is 4.90 Å². The number of carbonyl (C=O) groups is 2. The van der Waals surface area contributed by atoms with Crippen LogP contribution in [0.15, 0.2) is 42.5 Å². The number of imide groups is 1. The molecule has 0 atom stereocenters. The number of nitrogens with zero attached hydrogens (tertiary/aromatic N) is 2. The van der Waals surface area contributed by atoms with E-state index in [9.17, 15) is 24.1 Å². The van der Waals surface area contributed by atoms with E-state index in [-0.39, 0.29) is 28.9 Å². The zero-order valence-electron chi connectivity index (χ0n) is 11.2. The highest BCUT2D eigenvalue weighted by molar-refractivity contribution is 6.21. The molecule has 0 saturated heterocycles. The first-order chi connectivity index (χ1) is 10.5. The Balaban J connectivity index is 1.99. The lowest BCUT2D eigenvalue weighted by Gasteiger charge is -2.14. The number of amides is 2. The molecule has 22 heavy (non-hydrogen) atoms. The number of hydrogen-bond donors (Lipinski definition) is 0. The molecule has 0 bridgehead atoms. The van der Waals surface area contributed by atoms with Crippen LogP contribution in [0.2, 0.25) is 0 Å². The van der Waals surface area contributed by atoms with Gasteiger partial charge in [0.2, 0.25) is 0 Å². The van der Waals surface area contributed by atoms with Crippen molar-refractivity contribution in [2.75, 3.05) is 0 Å². The van der Waals surface area contributed by atoms with Gasteiger partial charge in [-0.2, -0.15) is 0 Å². The van der Waals surface area contributed by atoms with E-state index in [0.717, 1.165) is 23.1 Å². The molecule has 0 radical (unpaired) electrons. The highest BCUT2D eigenvalue weighted by atomic mass is 19.1. The quantitative estimate of drug-likeness (QED) is 0.495. The van der Waals surface area contributed by atoms with Crippen molar-refractivity contribution >= 4 is 17.5 Å². The summed E-state index contributed by atoms with van der Waals surface area (Å²) in [5, 5.41) is 11.0. The van der Waals surface area contributed by atoms with E-state index in [1.54, 1.807) is 12.1 Å². The molecule has 2 amide bonds. The van der Waals surface area contributed by atoms with Gasteiger partial charge >= 0.3 is 0 Å². The summed E-state index contributed by atoms with van der Waals surface area (Å²) >= 11 is 0. The van der Waals surface area contributed by atoms with Crippen LogP contribution in [0.1, 0.15) is 26.3 Å². The zero-order valence-corrected chi connectivity index (χ0v) is 11.2. The minimum atomic E-state index is -0.674. The predicted octanol–water partition coefficient (Wildman–Crippen LogP) is 2.53. The molecule has 3 rings (SSSR count). The standard InChI is InChI=1S/C15H9FN2O4/c16-10-5-6-13(18(21)22)9(7-10)8-17-14(19)11-3-1-2-4-12(11)15(17)20/h1-7H,8H2. The second kappa shape index (κ2) is 5.03. The first-order valence-corrected chi connectivity index (χ1v) is 6.37. The van der Waals surface area contributed by atoms with E-state index in [4.69, 9.17) is 0 Å². The maximum atomic E-state index is 13.3. The first kappa shape index (κ1) is 13.9. The number of nitro benzene ring substituents is 1. The van der Waals surface area contributed by atoms with Crippen LogP contribution in [0, 0.1) is 15.9 Å². The minimum absolute atomic E-state index is 0.0282. The van der Waals surface area contributed by atoms with Gasteiger partial charge in [-0.1, -0.05) is 12.1 Å². The molecule has 1 aliphatic heterocycles. The molecule has 0 aromatic heterocycles. The maximum absolute atomic E-state index is 13.3. The third-order valence-electron chi connectivity index (χ3n) is 3.44. The van der Waals surface area contributed by atoms with Crippen LogP contribution in [0.5, 0.6) is 0 Å². The fraction of sp³-hybridized carbons (Fsp3) is 0.0667. The highest BCUT2D eigenvalue weighted by Gasteiger charge is 2.36. The van der Waals surface area contributed by atoms with Gasteiger partial charge in [0.1, 0.15) is 5.82 Å². The van der Waals surface area contributed by atoms with Crippen molar-refractivity contribution in [2.45, 2.75) is 6.54 Å². The number of carbonyl (C=O) groups excluding carboxylic acids is 2. The minimum Gasteiger partial charge on any atom is -0.270 e. The van der Waals surface area contributed by atoms with Crippen LogP contribution in [-0.4, -0.2) is 21.6 Å². The Labute approximate surface area is 123 Å². The first-order valence-electron chi connectivity index (χ1n) is 6.37. The molecule has 2 aromatic carbocycles. The summed E-state index contributed by atoms with van der Waals surface area (Å²) in [6, 6.07) is 9.20. The molecule has 0 fully saturated rings. The van der Waals surface area contributed by atoms with Crippen LogP contribution < -0.4 is 0 Å². The molecule has 0 unspecified atom stereocenters. The van der Waals surface area contributed by atoms with Crippen molar-refractivity contribution < 1.29 is 18.9 Å². The molecule has 1 heterocycles. The molecule has 0 spiro atoms. The Morgan fingerprint density at radius 1 is 1.05 bits per heavy atom. The lowest BCUT2D eigenvalue weighted by molar-refractivity contribution is -0.385. The summed E-state index contributed by atoms with van der Waals surface area (Å²) in [4.78, 5) is 35.6. The van der Waals surface area contributed by atoms with E-state index < -0.39 is 22.6 Å². The van der Waals surface area contributed by atoms with E-state index in [1.807, 2.05) is 0 Å². The van der Waals surface area contributed by atoms with E-state index in [0.29, 0.717) is 0 Å². The third kappa shape index (κ3) is 2.12. The number of nitro groups is 1. The van der Waals surface area contributed by atoms with Crippen molar-refractivity contribution in [1.29, 1.82) is 0 Å². The smallest absolute Gasteiger partial charge is 0.270 e. The van der Waals surface area contributed by atoms with Crippen LogP contribution in [-0.2, 0) is 6.54 Å². The predicted molar refractivity (Wildman–Crippen MR) is 73.7 cm³/mol. The van der Waals surface area contributed by atoms with Gasteiger partial charge < -0.3 is 0 Å². The SMILES string of the molecule is O=C1c2ccccc2C(=O)N1Cc1cc(F)ccc1[N+](=O)[O-]. The molecule has 0 saturated carbocycles. The van der Waals surface area contributed by atoms with Gasteiger partial charge in [0.05, 0.1) is 28.2 Å². The van der Waals surface area contributed by atoms with E-state index in [2.05, 4.69) is 0 Å². The van der Waals surface area contributed by atoms with E-state index >= 15 is 0 Å². The third-order valence-corrected chi connectivity index (χ3v) is 3.44. The molecule has 6 nitrogen and oxygen atoms in total. The Bertz CT molecular complexity index is 784. The molecule has 110 valence electrons. The Hall–Kier alpha value is -3.09. The molecule has 0 N–H and O–H groups in total. The van der Waals surface area contributed by atoms with Gasteiger partial charge in [-0.25, -0.2) is 4.39 Å². The fourth-order valence-corrected chi connectivity index (χ4v) is 2.41. The van der Waals surface area contributed by atoms with Gasteiger partial charge in [-0.05, 0) is 24.3 Å². The highest BCUT2D eigenvalue weighted by Crippen LogP contribution is 2.27. The summed E-state index contributed by atoms with van der Waals surface area (Å²) in [5.41, 5.74) is 0.121. The fourth-order valence-electron chi connectivity index (χ4n) is 2.41. The van der Waals surface area contributed by atoms with Crippen molar-refractivity contribution in [3.05, 3.63) is 75.1 Å². The molecule has 0 aliphatic carbocycles. The van der Waals surface area contributed by atoms with E-state index in [1.165, 1.54) is 12.1 Å². The molecular weight excluding hydrogens is 291 g/mol. The van der Waals surface area contributed by atoms with Crippen LogP contribution in [0.4, 0.5) is 10.1 Å². The monoisotopic (exact) mass is 300 g/mol. The van der Waals surface area contributed by atoms with Gasteiger partial charge in [-0.15, -0.1) is 0 Å². The second-order valence-corrected chi connectivity index (χ2v) is 4.77. The van der Waals surface area contributed by atoms with Gasteiger partial charge in [0, 0.05) is 6.07 Å². The summed E-state index contributed by atoms with van der Waals surface area (Å²) in [6.45, 7) is -0.347. The lowest BCUT2D eigenvalue weighted by Crippen LogP contribution is -2.29. The van der Waals surface area contributed by atoms with Crippen LogP contribution in [0.3, 0.4) is 0 Å². The number of halogens is 1. The number of fused-ring (bicyclic) bond motifs is 1. The lowest BCUT2D eigenvalue weighted by atomic mass is 10.1. The Morgan fingerprint density at radius 3 is 2.18 bits per heavy atom. The summed E-state index contributed by atoms with van der Waals surface area (Å²) < 4.78 is 13.3. The average Bonchev–Trinajstić information content (AvgIpc) is 2.73. The van der Waals surface area contributed by atoms with Crippen LogP contribution >= 0.6 is 0 Å². The largest absolute Gasteiger partial charge is 0.274 e. The molecular formula is C15H9FN2O4. The molecule has 7 heteroatoms. The number of rotatable bonds is 3.